The molecule has 1 aromatic carbocycles. The molecule has 2 heteroatoms. The number of carbonyl (C=O) groups is 1. The molecule has 0 aliphatic carbocycles. The number of hydrogen-bond acceptors (Lipinski definition) is 2. The van der Waals surface area contributed by atoms with Gasteiger partial charge in [-0.3, -0.25) is 0 Å². The number of aryl methyl sites for hydroxylation is 1. The molecule has 0 unspecified atom stereocenters. The Balaban J connectivity index is 3.25. The molecular weight excluding hydrogens is 224 g/mol. The molecule has 0 radical (unpaired) electrons. The van der Waals surface area contributed by atoms with Crippen molar-refractivity contribution in [1.82, 2.24) is 0 Å². The van der Waals surface area contributed by atoms with Gasteiger partial charge in [0.1, 0.15) is 0 Å². The summed E-state index contributed by atoms with van der Waals surface area (Å²) in [6, 6.07) is 5.63. The zero-order valence-corrected chi connectivity index (χ0v) is 11.5. The van der Waals surface area contributed by atoms with Crippen LogP contribution < -0.4 is 0 Å². The average Bonchev–Trinajstić information content (AvgIpc) is 2.37. The van der Waals surface area contributed by atoms with Gasteiger partial charge in [-0.25, -0.2) is 4.79 Å². The van der Waals surface area contributed by atoms with E-state index in [9.17, 15) is 4.79 Å². The van der Waals surface area contributed by atoms with Gasteiger partial charge in [0.2, 0.25) is 0 Å². The molecular formula is C16H20O2. The van der Waals surface area contributed by atoms with Crippen LogP contribution in [0, 0.1) is 6.92 Å². The minimum atomic E-state index is -0.275. The summed E-state index contributed by atoms with van der Waals surface area (Å²) in [5.41, 5.74) is 5.04. The molecule has 0 bridgehead atoms. The van der Waals surface area contributed by atoms with Crippen LogP contribution in [0.4, 0.5) is 0 Å². The Morgan fingerprint density at radius 1 is 1.39 bits per heavy atom. The molecule has 0 saturated carbocycles. The molecule has 0 aromatic heterocycles. The molecule has 0 saturated heterocycles. The van der Waals surface area contributed by atoms with Gasteiger partial charge in [0, 0.05) is 0 Å². The fraction of sp³-hybridized carbons (Fsp3) is 0.312. The summed E-state index contributed by atoms with van der Waals surface area (Å²) >= 11 is 0. The number of esters is 1. The van der Waals surface area contributed by atoms with Crippen molar-refractivity contribution in [2.75, 3.05) is 6.61 Å². The van der Waals surface area contributed by atoms with Crippen molar-refractivity contribution in [1.29, 1.82) is 0 Å². The monoisotopic (exact) mass is 244 g/mol. The fourth-order valence-electron chi connectivity index (χ4n) is 1.73. The summed E-state index contributed by atoms with van der Waals surface area (Å²) in [4.78, 5) is 11.7. The number of ether oxygens (including phenoxy) is 1. The first kappa shape index (κ1) is 14.2. The highest BCUT2D eigenvalue weighted by Crippen LogP contribution is 2.23. The first-order valence-electron chi connectivity index (χ1n) is 6.09. The van der Waals surface area contributed by atoms with Crippen LogP contribution in [-0.4, -0.2) is 12.6 Å². The molecule has 0 amide bonds. The Morgan fingerprint density at radius 2 is 2.06 bits per heavy atom. The van der Waals surface area contributed by atoms with E-state index in [4.69, 9.17) is 4.74 Å². The summed E-state index contributed by atoms with van der Waals surface area (Å²) in [7, 11) is 0. The highest BCUT2D eigenvalue weighted by Gasteiger charge is 2.10. The van der Waals surface area contributed by atoms with Crippen molar-refractivity contribution >= 4 is 11.5 Å². The summed E-state index contributed by atoms with van der Waals surface area (Å²) in [5.74, 6) is -0.275. The molecule has 18 heavy (non-hydrogen) atoms. The van der Waals surface area contributed by atoms with E-state index in [0.29, 0.717) is 12.2 Å². The Hall–Kier alpha value is -1.83. The Bertz CT molecular complexity index is 496. The molecule has 0 aliphatic rings. The van der Waals surface area contributed by atoms with Gasteiger partial charge in [-0.1, -0.05) is 18.7 Å². The van der Waals surface area contributed by atoms with E-state index in [0.717, 1.165) is 22.3 Å². The van der Waals surface area contributed by atoms with E-state index < -0.39 is 0 Å². The van der Waals surface area contributed by atoms with E-state index in [1.54, 1.807) is 13.0 Å². The number of hydrogen-bond donors (Lipinski definition) is 0. The molecule has 1 rings (SSSR count). The second-order valence-electron chi connectivity index (χ2n) is 4.26. The maximum Gasteiger partial charge on any atom is 0.338 e. The summed E-state index contributed by atoms with van der Waals surface area (Å²) in [6.45, 7) is 12.1. The van der Waals surface area contributed by atoms with Gasteiger partial charge in [-0.05, 0) is 62.1 Å². The number of benzene rings is 1. The average molecular weight is 244 g/mol. The van der Waals surface area contributed by atoms with E-state index in [1.807, 2.05) is 39.0 Å². The number of carbonyl (C=O) groups excluding carboxylic acids is 1. The van der Waals surface area contributed by atoms with Crippen LogP contribution in [0.3, 0.4) is 0 Å². The maximum absolute atomic E-state index is 11.7. The lowest BCUT2D eigenvalue weighted by Gasteiger charge is -2.11. The fourth-order valence-corrected chi connectivity index (χ4v) is 1.73. The van der Waals surface area contributed by atoms with Crippen molar-refractivity contribution in [3.8, 4) is 0 Å². The SMILES string of the molecule is C=C/C(C)=C(/C)c1cc(C(=O)OCC)ccc1C. The van der Waals surface area contributed by atoms with Crippen LogP contribution in [0.25, 0.3) is 5.57 Å². The molecule has 96 valence electrons. The molecule has 0 N–H and O–H groups in total. The smallest absolute Gasteiger partial charge is 0.338 e. The third kappa shape index (κ3) is 3.10. The second kappa shape index (κ2) is 6.20. The summed E-state index contributed by atoms with van der Waals surface area (Å²) in [5, 5.41) is 0. The van der Waals surface area contributed by atoms with Crippen molar-refractivity contribution in [2.45, 2.75) is 27.7 Å². The predicted octanol–water partition coefficient (Wildman–Crippen LogP) is 4.15. The summed E-state index contributed by atoms with van der Waals surface area (Å²) in [6.07, 6.45) is 1.83. The number of allylic oxidation sites excluding steroid dienone is 3. The van der Waals surface area contributed by atoms with E-state index in [2.05, 4.69) is 6.58 Å². The van der Waals surface area contributed by atoms with E-state index in [-0.39, 0.29) is 5.97 Å². The lowest BCUT2D eigenvalue weighted by atomic mass is 9.96. The van der Waals surface area contributed by atoms with Gasteiger partial charge in [0.05, 0.1) is 12.2 Å². The minimum Gasteiger partial charge on any atom is -0.462 e. The quantitative estimate of drug-likeness (QED) is 0.587. The molecule has 0 heterocycles. The standard InChI is InChI=1S/C16H20O2/c1-6-11(3)13(5)15-10-14(9-8-12(15)4)16(17)18-7-2/h6,8-10H,1,7H2,2-5H3/b13-11-. The Morgan fingerprint density at radius 3 is 2.61 bits per heavy atom. The van der Waals surface area contributed by atoms with Crippen molar-refractivity contribution in [3.63, 3.8) is 0 Å². The van der Waals surface area contributed by atoms with Gasteiger partial charge in [0.15, 0.2) is 0 Å². The van der Waals surface area contributed by atoms with Crippen LogP contribution >= 0.6 is 0 Å². The van der Waals surface area contributed by atoms with Crippen molar-refractivity contribution in [3.05, 3.63) is 53.1 Å². The normalized spacial score (nSPS) is 11.8. The predicted molar refractivity (Wildman–Crippen MR) is 75.6 cm³/mol. The third-order valence-corrected chi connectivity index (χ3v) is 3.05. The van der Waals surface area contributed by atoms with Gasteiger partial charge in [-0.15, -0.1) is 0 Å². The third-order valence-electron chi connectivity index (χ3n) is 3.05. The van der Waals surface area contributed by atoms with Crippen LogP contribution in [0.15, 0.2) is 36.4 Å². The van der Waals surface area contributed by atoms with Gasteiger partial charge >= 0.3 is 5.97 Å². The molecule has 0 atom stereocenters. The molecule has 0 spiro atoms. The lowest BCUT2D eigenvalue weighted by Crippen LogP contribution is -2.05. The van der Waals surface area contributed by atoms with Gasteiger partial charge < -0.3 is 4.74 Å². The molecule has 1 aromatic rings. The van der Waals surface area contributed by atoms with Crippen molar-refractivity contribution < 1.29 is 9.53 Å². The zero-order chi connectivity index (χ0) is 13.7. The second-order valence-corrected chi connectivity index (χ2v) is 4.26. The highest BCUT2D eigenvalue weighted by atomic mass is 16.5. The Labute approximate surface area is 109 Å². The van der Waals surface area contributed by atoms with Gasteiger partial charge in [0.25, 0.3) is 0 Å². The number of rotatable bonds is 4. The topological polar surface area (TPSA) is 26.3 Å². The highest BCUT2D eigenvalue weighted by molar-refractivity contribution is 5.91. The van der Waals surface area contributed by atoms with Crippen LogP contribution in [0.1, 0.15) is 42.3 Å². The van der Waals surface area contributed by atoms with E-state index in [1.165, 1.54) is 0 Å². The lowest BCUT2D eigenvalue weighted by molar-refractivity contribution is 0.0526. The molecule has 2 nitrogen and oxygen atoms in total. The first-order chi connectivity index (χ1) is 8.51. The Kier molecular flexibility index (Phi) is 4.90. The van der Waals surface area contributed by atoms with Crippen LogP contribution in [0.2, 0.25) is 0 Å². The minimum absolute atomic E-state index is 0.275. The maximum atomic E-state index is 11.7. The zero-order valence-electron chi connectivity index (χ0n) is 11.5. The molecule has 0 aliphatic heterocycles. The first-order valence-corrected chi connectivity index (χ1v) is 6.09. The molecule has 0 fully saturated rings. The van der Waals surface area contributed by atoms with Crippen molar-refractivity contribution in [2.24, 2.45) is 0 Å². The van der Waals surface area contributed by atoms with Crippen LogP contribution in [-0.2, 0) is 4.74 Å². The van der Waals surface area contributed by atoms with Gasteiger partial charge in [-0.2, -0.15) is 0 Å². The largest absolute Gasteiger partial charge is 0.462 e. The van der Waals surface area contributed by atoms with Crippen LogP contribution in [0.5, 0.6) is 0 Å². The van der Waals surface area contributed by atoms with E-state index >= 15 is 0 Å². The summed E-state index contributed by atoms with van der Waals surface area (Å²) < 4.78 is 5.01.